The predicted molar refractivity (Wildman–Crippen MR) is 114 cm³/mol. The highest BCUT2D eigenvalue weighted by Gasteiger charge is 2.34. The van der Waals surface area contributed by atoms with Crippen LogP contribution in [0.25, 0.3) is 6.08 Å². The number of carbonyl (C=O) groups excluding carboxylic acids is 1. The van der Waals surface area contributed by atoms with E-state index in [1.165, 1.54) is 23.8 Å². The van der Waals surface area contributed by atoms with Gasteiger partial charge in [-0.15, -0.1) is 0 Å². The van der Waals surface area contributed by atoms with Crippen molar-refractivity contribution in [2.75, 3.05) is 7.11 Å². The zero-order valence-corrected chi connectivity index (χ0v) is 17.6. The van der Waals surface area contributed by atoms with Crippen molar-refractivity contribution in [2.45, 2.75) is 13.0 Å². The van der Waals surface area contributed by atoms with Crippen LogP contribution in [0.2, 0.25) is 5.02 Å². The fraction of sp³-hybridized carbons (Fsp3) is 0.136. The summed E-state index contributed by atoms with van der Waals surface area (Å²) in [5.41, 5.74) is 1.15. The lowest BCUT2D eigenvalue weighted by molar-refractivity contribution is -0.136. The molecule has 3 aromatic rings. The van der Waals surface area contributed by atoms with Crippen LogP contribution in [-0.2, 0) is 9.53 Å². The van der Waals surface area contributed by atoms with Crippen LogP contribution in [0.15, 0.2) is 69.6 Å². The molecule has 0 spiro atoms. The van der Waals surface area contributed by atoms with Crippen LogP contribution < -0.4 is 14.9 Å². The summed E-state index contributed by atoms with van der Waals surface area (Å²) in [7, 11) is 1.27. The van der Waals surface area contributed by atoms with Gasteiger partial charge in [-0.25, -0.2) is 14.2 Å². The lowest BCUT2D eigenvalue weighted by Crippen LogP contribution is -2.39. The number of hydrogen-bond donors (Lipinski definition) is 0. The van der Waals surface area contributed by atoms with Crippen molar-refractivity contribution in [3.63, 3.8) is 0 Å². The number of thiazole rings is 1. The lowest BCUT2D eigenvalue weighted by Gasteiger charge is -2.25. The molecular formula is C22H16ClFN2O3S. The van der Waals surface area contributed by atoms with E-state index in [1.54, 1.807) is 49.4 Å². The Morgan fingerprint density at radius 1 is 1.23 bits per heavy atom. The van der Waals surface area contributed by atoms with Crippen LogP contribution in [-0.4, -0.2) is 17.6 Å². The first-order valence-electron chi connectivity index (χ1n) is 9.02. The van der Waals surface area contributed by atoms with E-state index in [9.17, 15) is 14.0 Å². The minimum Gasteiger partial charge on any atom is -0.466 e. The molecule has 0 amide bonds. The first kappa shape index (κ1) is 20.3. The highest BCUT2D eigenvalue weighted by atomic mass is 35.5. The van der Waals surface area contributed by atoms with Gasteiger partial charge in [0.25, 0.3) is 5.56 Å². The van der Waals surface area contributed by atoms with Gasteiger partial charge in [0.1, 0.15) is 11.9 Å². The van der Waals surface area contributed by atoms with Crippen molar-refractivity contribution < 1.29 is 13.9 Å². The quantitative estimate of drug-likeness (QED) is 0.585. The minimum absolute atomic E-state index is 0.232. The van der Waals surface area contributed by atoms with Crippen molar-refractivity contribution in [3.8, 4) is 0 Å². The van der Waals surface area contributed by atoms with Gasteiger partial charge in [-0.05, 0) is 30.7 Å². The van der Waals surface area contributed by atoms with E-state index < -0.39 is 17.8 Å². The second kappa shape index (κ2) is 8.01. The number of methoxy groups -OCH3 is 1. The molecule has 0 saturated carbocycles. The number of allylic oxidation sites excluding steroid dienone is 1. The Kier molecular flexibility index (Phi) is 5.40. The normalized spacial score (nSPS) is 16.3. The number of halogens is 2. The van der Waals surface area contributed by atoms with E-state index in [1.807, 2.05) is 0 Å². The van der Waals surface area contributed by atoms with E-state index in [4.69, 9.17) is 16.3 Å². The Labute approximate surface area is 180 Å². The standard InChI is InChI=1S/C22H16ClFN2O3S/c1-12-18(21(28)29-2)19(14-8-4-5-9-15(14)23)26-20(27)17(30-22(26)25-12)11-13-7-3-6-10-16(13)24/h3-11,19H,1-2H3/b17-11+/t19-/m1/s1. The summed E-state index contributed by atoms with van der Waals surface area (Å²) in [6.07, 6.45) is 1.49. The number of ether oxygens (including phenoxy) is 1. The molecule has 0 fully saturated rings. The molecule has 1 aliphatic rings. The average Bonchev–Trinajstić information content (AvgIpc) is 3.03. The Bertz CT molecular complexity index is 1370. The number of esters is 1. The van der Waals surface area contributed by atoms with Gasteiger partial charge in [0.2, 0.25) is 0 Å². The van der Waals surface area contributed by atoms with Gasteiger partial charge < -0.3 is 4.74 Å². The molecule has 0 radical (unpaired) electrons. The third-order valence-corrected chi connectivity index (χ3v) is 6.15. The summed E-state index contributed by atoms with van der Waals surface area (Å²) in [5, 5.41) is 0.405. The van der Waals surface area contributed by atoms with Crippen LogP contribution in [0, 0.1) is 5.82 Å². The Morgan fingerprint density at radius 2 is 1.93 bits per heavy atom. The molecular weight excluding hydrogens is 427 g/mol. The van der Waals surface area contributed by atoms with Gasteiger partial charge in [-0.3, -0.25) is 9.36 Å². The smallest absolute Gasteiger partial charge is 0.338 e. The van der Waals surface area contributed by atoms with Gasteiger partial charge in [-0.1, -0.05) is 59.3 Å². The maximum absolute atomic E-state index is 14.1. The zero-order valence-electron chi connectivity index (χ0n) is 16.1. The lowest BCUT2D eigenvalue weighted by atomic mass is 9.96. The molecule has 0 unspecified atom stereocenters. The maximum atomic E-state index is 14.1. The monoisotopic (exact) mass is 442 g/mol. The summed E-state index contributed by atoms with van der Waals surface area (Å²) in [4.78, 5) is 30.8. The van der Waals surface area contributed by atoms with Crippen LogP contribution in [0.1, 0.15) is 24.1 Å². The number of hydrogen-bond acceptors (Lipinski definition) is 5. The van der Waals surface area contributed by atoms with Crippen molar-refractivity contribution in [1.29, 1.82) is 0 Å². The van der Waals surface area contributed by atoms with Gasteiger partial charge >= 0.3 is 5.97 Å². The van der Waals surface area contributed by atoms with E-state index in [0.29, 0.717) is 31.2 Å². The van der Waals surface area contributed by atoms with E-state index >= 15 is 0 Å². The highest BCUT2D eigenvalue weighted by Crippen LogP contribution is 2.34. The molecule has 1 aromatic heterocycles. The zero-order chi connectivity index (χ0) is 21.4. The van der Waals surface area contributed by atoms with Crippen molar-refractivity contribution in [3.05, 3.63) is 101 Å². The van der Waals surface area contributed by atoms with Gasteiger partial charge in [-0.2, -0.15) is 0 Å². The predicted octanol–water partition coefficient (Wildman–Crippen LogP) is 3.20. The number of carbonyl (C=O) groups is 1. The largest absolute Gasteiger partial charge is 0.466 e. The molecule has 2 heterocycles. The Morgan fingerprint density at radius 3 is 2.63 bits per heavy atom. The number of rotatable bonds is 3. The van der Waals surface area contributed by atoms with Gasteiger partial charge in [0, 0.05) is 10.6 Å². The fourth-order valence-corrected chi connectivity index (χ4v) is 4.69. The summed E-state index contributed by atoms with van der Waals surface area (Å²) in [6.45, 7) is 1.68. The molecule has 0 saturated heterocycles. The molecule has 30 heavy (non-hydrogen) atoms. The molecule has 1 aliphatic heterocycles. The first-order valence-corrected chi connectivity index (χ1v) is 10.2. The fourth-order valence-electron chi connectivity index (χ4n) is 3.42. The van der Waals surface area contributed by atoms with Gasteiger partial charge in [0.15, 0.2) is 4.80 Å². The van der Waals surface area contributed by atoms with E-state index in [-0.39, 0.29) is 11.1 Å². The van der Waals surface area contributed by atoms with Crippen LogP contribution in [0.4, 0.5) is 4.39 Å². The number of aromatic nitrogens is 1. The molecule has 2 aromatic carbocycles. The summed E-state index contributed by atoms with van der Waals surface area (Å²) in [5.74, 6) is -1.03. The second-order valence-electron chi connectivity index (χ2n) is 6.62. The molecule has 152 valence electrons. The minimum atomic E-state index is -0.801. The van der Waals surface area contributed by atoms with Crippen LogP contribution in [0.3, 0.4) is 0 Å². The van der Waals surface area contributed by atoms with E-state index in [0.717, 1.165) is 11.3 Å². The molecule has 4 rings (SSSR count). The molecule has 5 nitrogen and oxygen atoms in total. The first-order chi connectivity index (χ1) is 14.4. The Balaban J connectivity index is 2.03. The summed E-state index contributed by atoms with van der Waals surface area (Å²) in [6, 6.07) is 12.4. The number of fused-ring (bicyclic) bond motifs is 1. The summed E-state index contributed by atoms with van der Waals surface area (Å²) < 4.78 is 20.8. The van der Waals surface area contributed by atoms with Gasteiger partial charge in [0.05, 0.1) is 22.9 Å². The van der Waals surface area contributed by atoms with E-state index in [2.05, 4.69) is 4.99 Å². The maximum Gasteiger partial charge on any atom is 0.338 e. The molecule has 0 N–H and O–H groups in total. The average molecular weight is 443 g/mol. The van der Waals surface area contributed by atoms with Crippen molar-refractivity contribution >= 4 is 35.0 Å². The van der Waals surface area contributed by atoms with Crippen LogP contribution >= 0.6 is 22.9 Å². The third kappa shape index (κ3) is 3.40. The molecule has 0 bridgehead atoms. The SMILES string of the molecule is COC(=O)C1=C(C)N=c2s/c(=C/c3ccccc3F)c(=O)n2[C@@H]1c1ccccc1Cl. The van der Waals surface area contributed by atoms with Crippen molar-refractivity contribution in [1.82, 2.24) is 4.57 Å². The Hall–Kier alpha value is -3.03. The topological polar surface area (TPSA) is 60.7 Å². The third-order valence-electron chi connectivity index (χ3n) is 4.82. The second-order valence-corrected chi connectivity index (χ2v) is 8.03. The molecule has 8 heteroatoms. The van der Waals surface area contributed by atoms with Crippen molar-refractivity contribution in [2.24, 2.45) is 4.99 Å². The highest BCUT2D eigenvalue weighted by molar-refractivity contribution is 7.07. The number of benzene rings is 2. The number of nitrogens with zero attached hydrogens (tertiary/aromatic N) is 2. The summed E-state index contributed by atoms with van der Waals surface area (Å²) >= 11 is 7.55. The van der Waals surface area contributed by atoms with Crippen LogP contribution in [0.5, 0.6) is 0 Å². The molecule has 1 atom stereocenters. The molecule has 0 aliphatic carbocycles.